The number of amides is 1. The van der Waals surface area contributed by atoms with Crippen LogP contribution >= 0.6 is 0 Å². The number of rotatable bonds is 6. The Morgan fingerprint density at radius 3 is 2.31 bits per heavy atom. The third-order valence-electron chi connectivity index (χ3n) is 9.03. The van der Waals surface area contributed by atoms with Crippen molar-refractivity contribution in [2.45, 2.75) is 31.0 Å². The van der Waals surface area contributed by atoms with Gasteiger partial charge in [0.1, 0.15) is 11.5 Å². The number of hydrogen-bond donors (Lipinski definition) is 3. The summed E-state index contributed by atoms with van der Waals surface area (Å²) in [6.07, 6.45) is 0.176. The highest BCUT2D eigenvalue weighted by atomic mass is 16.5. The Labute approximate surface area is 243 Å². The van der Waals surface area contributed by atoms with E-state index in [4.69, 9.17) is 10.5 Å². The van der Waals surface area contributed by atoms with E-state index < -0.39 is 64.4 Å². The van der Waals surface area contributed by atoms with Crippen LogP contribution in [0.4, 0.5) is 0 Å². The molecule has 0 saturated heterocycles. The maximum atomic E-state index is 14.0. The van der Waals surface area contributed by atoms with Gasteiger partial charge >= 0.3 is 0 Å². The zero-order valence-electron chi connectivity index (χ0n) is 24.2. The molecular weight excluding hydrogens is 542 g/mol. The van der Waals surface area contributed by atoms with Crippen LogP contribution in [0.1, 0.15) is 27.9 Å². The fourth-order valence-electron chi connectivity index (χ4n) is 7.29. The first kappa shape index (κ1) is 29.6. The second-order valence-corrected chi connectivity index (χ2v) is 12.0. The van der Waals surface area contributed by atoms with Crippen LogP contribution in [-0.4, -0.2) is 96.0 Å². The maximum absolute atomic E-state index is 14.0. The van der Waals surface area contributed by atoms with E-state index >= 15 is 0 Å². The zero-order valence-corrected chi connectivity index (χ0v) is 24.2. The second kappa shape index (κ2) is 10.4. The first-order valence-corrected chi connectivity index (χ1v) is 13.8. The van der Waals surface area contributed by atoms with E-state index in [1.165, 1.54) is 11.0 Å². The fraction of sp³-hybridized carbons (Fsp3) is 0.452. The quantitative estimate of drug-likeness (QED) is 0.414. The average molecular weight is 578 g/mol. The van der Waals surface area contributed by atoms with Crippen molar-refractivity contribution in [1.82, 2.24) is 9.80 Å². The summed E-state index contributed by atoms with van der Waals surface area (Å²) < 4.78 is 5.43. The highest BCUT2D eigenvalue weighted by Gasteiger charge is 2.69. The molecule has 11 nitrogen and oxygen atoms in total. The SMILES string of the molecule is COc1ccc(-c2ccc(O)c3c2C[C@H]2C[C@H]4[C@H](N(C)C)C(=O)C(C(N)=O)C(=O)[C@@]4(O)C(=O)C2C3=O)c(CN(C)C)c1. The van der Waals surface area contributed by atoms with Gasteiger partial charge in [0, 0.05) is 12.5 Å². The molecule has 0 aromatic heterocycles. The number of hydrogen-bond acceptors (Lipinski definition) is 10. The van der Waals surface area contributed by atoms with Crippen molar-refractivity contribution < 1.29 is 38.9 Å². The standard InChI is InChI=1S/C31H35N3O8/c1-33(2)13-15-10-16(42-5)6-7-17(15)18-8-9-21(35)23-19(18)11-14-12-20-25(34(3)4)27(37)24(30(32)40)29(39)31(20,41)28(38)22(14)26(23)36/h6-10,14,20,22,24-25,35,41H,11-13H2,1-5H3,(H2,32,40)/t14-,20-,22?,24?,25-,31-/m0/s1. The largest absolute Gasteiger partial charge is 0.507 e. The van der Waals surface area contributed by atoms with Gasteiger partial charge in [0.2, 0.25) is 5.91 Å². The number of ether oxygens (including phenoxy) is 1. The zero-order chi connectivity index (χ0) is 30.8. The number of primary amides is 1. The van der Waals surface area contributed by atoms with Crippen LogP contribution in [0.5, 0.6) is 11.5 Å². The van der Waals surface area contributed by atoms with Crippen LogP contribution in [0.15, 0.2) is 30.3 Å². The monoisotopic (exact) mass is 577 g/mol. The summed E-state index contributed by atoms with van der Waals surface area (Å²) in [4.78, 5) is 70.4. The lowest BCUT2D eigenvalue weighted by atomic mass is 9.52. The topological polar surface area (TPSA) is 168 Å². The van der Waals surface area contributed by atoms with Gasteiger partial charge in [-0.25, -0.2) is 0 Å². The average Bonchev–Trinajstić information content (AvgIpc) is 2.90. The predicted octanol–water partition coefficient (Wildman–Crippen LogP) is 0.604. The van der Waals surface area contributed by atoms with Gasteiger partial charge in [0.05, 0.1) is 24.6 Å². The predicted molar refractivity (Wildman–Crippen MR) is 151 cm³/mol. The third kappa shape index (κ3) is 4.26. The van der Waals surface area contributed by atoms with Gasteiger partial charge < -0.3 is 25.6 Å². The van der Waals surface area contributed by atoms with E-state index in [9.17, 15) is 34.2 Å². The Bertz CT molecular complexity index is 1530. The Balaban J connectivity index is 1.66. The first-order valence-electron chi connectivity index (χ1n) is 13.8. The highest BCUT2D eigenvalue weighted by Crippen LogP contribution is 2.52. The smallest absolute Gasteiger partial charge is 0.235 e. The van der Waals surface area contributed by atoms with Crippen LogP contribution in [0.25, 0.3) is 11.1 Å². The van der Waals surface area contributed by atoms with Gasteiger partial charge in [0.25, 0.3) is 0 Å². The maximum Gasteiger partial charge on any atom is 0.235 e. The van der Waals surface area contributed by atoms with Crippen molar-refractivity contribution in [3.63, 3.8) is 0 Å². The van der Waals surface area contributed by atoms with E-state index in [0.29, 0.717) is 23.4 Å². The molecule has 1 amide bonds. The lowest BCUT2D eigenvalue weighted by Gasteiger charge is -2.52. The first-order chi connectivity index (χ1) is 19.7. The van der Waals surface area contributed by atoms with Gasteiger partial charge in [-0.1, -0.05) is 12.1 Å². The molecule has 2 aromatic carbocycles. The van der Waals surface area contributed by atoms with Gasteiger partial charge in [-0.3, -0.25) is 28.9 Å². The van der Waals surface area contributed by atoms with Crippen molar-refractivity contribution in [3.8, 4) is 22.6 Å². The number of likely N-dealkylation sites (N-methyl/N-ethyl adjacent to an activating group) is 1. The molecule has 0 radical (unpaired) electrons. The van der Waals surface area contributed by atoms with Crippen molar-refractivity contribution >= 4 is 29.0 Å². The van der Waals surface area contributed by atoms with E-state index in [1.807, 2.05) is 37.2 Å². The van der Waals surface area contributed by atoms with Crippen LogP contribution < -0.4 is 10.5 Å². The summed E-state index contributed by atoms with van der Waals surface area (Å²) in [5.41, 5.74) is 5.59. The molecule has 5 rings (SSSR count). The Hall–Kier alpha value is -3.93. The number of aliphatic hydroxyl groups is 1. The Kier molecular flexibility index (Phi) is 7.33. The number of nitrogens with two attached hydrogens (primary N) is 1. The van der Waals surface area contributed by atoms with E-state index in [0.717, 1.165) is 11.1 Å². The molecule has 2 fully saturated rings. The molecule has 6 atom stereocenters. The third-order valence-corrected chi connectivity index (χ3v) is 9.03. The molecule has 11 heteroatoms. The number of benzene rings is 2. The van der Waals surface area contributed by atoms with E-state index in [-0.39, 0.29) is 24.2 Å². The summed E-state index contributed by atoms with van der Waals surface area (Å²) in [5, 5.41) is 22.6. The minimum Gasteiger partial charge on any atom is -0.507 e. The number of phenols is 1. The minimum absolute atomic E-state index is 0.00778. The second-order valence-electron chi connectivity index (χ2n) is 12.0. The number of carbonyl (C=O) groups excluding carboxylic acids is 5. The Morgan fingerprint density at radius 2 is 1.71 bits per heavy atom. The van der Waals surface area contributed by atoms with Gasteiger partial charge in [-0.05, 0) is 87.4 Å². The summed E-state index contributed by atoms with van der Waals surface area (Å²) in [5.74, 6) is -10.0. The summed E-state index contributed by atoms with van der Waals surface area (Å²) in [6, 6.07) is 7.58. The van der Waals surface area contributed by atoms with E-state index in [1.54, 1.807) is 27.3 Å². The minimum atomic E-state index is -2.75. The number of carbonyl (C=O) groups is 5. The van der Waals surface area contributed by atoms with Crippen molar-refractivity contribution in [2.75, 3.05) is 35.3 Å². The molecule has 0 spiro atoms. The molecule has 2 saturated carbocycles. The molecule has 4 N–H and O–H groups in total. The molecule has 3 aliphatic carbocycles. The number of Topliss-reactive ketones (excluding diaryl/α,β-unsaturated/α-hetero) is 4. The molecule has 2 unspecified atom stereocenters. The molecule has 3 aliphatic rings. The summed E-state index contributed by atoms with van der Waals surface area (Å²) in [7, 11) is 8.54. The van der Waals surface area contributed by atoms with Crippen molar-refractivity contribution in [1.29, 1.82) is 0 Å². The number of methoxy groups -OCH3 is 1. The van der Waals surface area contributed by atoms with Crippen LogP contribution in [0.3, 0.4) is 0 Å². The number of fused-ring (bicyclic) bond motifs is 3. The Morgan fingerprint density at radius 1 is 1.05 bits per heavy atom. The molecule has 0 aliphatic heterocycles. The normalized spacial score (nSPS) is 28.9. The number of aromatic hydroxyl groups is 1. The molecule has 0 heterocycles. The van der Waals surface area contributed by atoms with Crippen molar-refractivity contribution in [3.05, 3.63) is 47.0 Å². The van der Waals surface area contributed by atoms with Crippen LogP contribution in [-0.2, 0) is 32.1 Å². The molecule has 2 aromatic rings. The van der Waals surface area contributed by atoms with Crippen molar-refractivity contribution in [2.24, 2.45) is 29.4 Å². The van der Waals surface area contributed by atoms with Crippen LogP contribution in [0, 0.1) is 23.7 Å². The highest BCUT2D eigenvalue weighted by molar-refractivity contribution is 6.32. The fourth-order valence-corrected chi connectivity index (χ4v) is 7.29. The number of nitrogens with zero attached hydrogens (tertiary/aromatic N) is 2. The molecular formula is C31H35N3O8. The lowest BCUT2D eigenvalue weighted by molar-refractivity contribution is -0.181. The van der Waals surface area contributed by atoms with Gasteiger partial charge in [-0.15, -0.1) is 0 Å². The molecule has 42 heavy (non-hydrogen) atoms. The van der Waals surface area contributed by atoms with Gasteiger partial charge in [-0.2, -0.15) is 0 Å². The van der Waals surface area contributed by atoms with Gasteiger partial charge in [0.15, 0.2) is 34.7 Å². The summed E-state index contributed by atoms with van der Waals surface area (Å²) >= 11 is 0. The van der Waals surface area contributed by atoms with E-state index in [2.05, 4.69) is 0 Å². The van der Waals surface area contributed by atoms with Crippen LogP contribution in [0.2, 0.25) is 0 Å². The number of phenolic OH excluding ortho intramolecular Hbond substituents is 1. The molecule has 0 bridgehead atoms. The number of ketones is 4. The lowest BCUT2D eigenvalue weighted by Crippen LogP contribution is -2.74. The molecule has 222 valence electrons. The summed E-state index contributed by atoms with van der Waals surface area (Å²) in [6.45, 7) is 0.561.